The molecule has 0 aliphatic heterocycles. The first kappa shape index (κ1) is 14.9. The van der Waals surface area contributed by atoms with Gasteiger partial charge in [-0.3, -0.25) is 10.1 Å². The maximum Gasteiger partial charge on any atom is 0.257 e. The third-order valence-electron chi connectivity index (χ3n) is 3.17. The van der Waals surface area contributed by atoms with E-state index in [4.69, 9.17) is 0 Å². The summed E-state index contributed by atoms with van der Waals surface area (Å²) in [5, 5.41) is 3.43. The average Bonchev–Trinajstić information content (AvgIpc) is 2.97. The number of anilines is 1. The second kappa shape index (κ2) is 6.42. The fourth-order valence-corrected chi connectivity index (χ4v) is 3.03. The van der Waals surface area contributed by atoms with E-state index in [2.05, 4.69) is 57.4 Å². The van der Waals surface area contributed by atoms with Gasteiger partial charge in [-0.2, -0.15) is 0 Å². The summed E-state index contributed by atoms with van der Waals surface area (Å²) in [6, 6.07) is 15.5. The predicted molar refractivity (Wildman–Crippen MR) is 94.4 cm³/mol. The maximum absolute atomic E-state index is 12.2. The van der Waals surface area contributed by atoms with Gasteiger partial charge in [-0.05, 0) is 36.8 Å². The lowest BCUT2D eigenvalue weighted by atomic mass is 10.1. The first-order chi connectivity index (χ1) is 10.6. The van der Waals surface area contributed by atoms with E-state index >= 15 is 0 Å². The van der Waals surface area contributed by atoms with Crippen molar-refractivity contribution in [3.8, 4) is 10.4 Å². The lowest BCUT2D eigenvalue weighted by Crippen LogP contribution is -2.11. The van der Waals surface area contributed by atoms with Gasteiger partial charge in [0.05, 0.1) is 4.88 Å². The number of thiazole rings is 1. The quantitative estimate of drug-likeness (QED) is 0.691. The minimum Gasteiger partial charge on any atom is -0.298 e. The highest BCUT2D eigenvalue weighted by Crippen LogP contribution is 2.29. The summed E-state index contributed by atoms with van der Waals surface area (Å²) in [6.45, 7) is 2.06. The summed E-state index contributed by atoms with van der Waals surface area (Å²) in [7, 11) is 0. The second-order valence-corrected chi connectivity index (χ2v) is 6.80. The molecule has 0 aliphatic rings. The van der Waals surface area contributed by atoms with Crippen LogP contribution < -0.4 is 5.32 Å². The summed E-state index contributed by atoms with van der Waals surface area (Å²) < 4.78 is 0.944. The Morgan fingerprint density at radius 2 is 1.77 bits per heavy atom. The number of aryl methyl sites for hydroxylation is 1. The number of halogens is 1. The smallest absolute Gasteiger partial charge is 0.257 e. The van der Waals surface area contributed by atoms with Gasteiger partial charge >= 0.3 is 0 Å². The van der Waals surface area contributed by atoms with Gasteiger partial charge in [-0.25, -0.2) is 4.98 Å². The molecule has 0 saturated carbocycles. The number of aromatic nitrogens is 1. The van der Waals surface area contributed by atoms with E-state index in [0.717, 1.165) is 14.9 Å². The van der Waals surface area contributed by atoms with Gasteiger partial charge in [-0.15, -0.1) is 0 Å². The number of nitrogens with one attached hydrogen (secondary N) is 1. The molecule has 0 saturated heterocycles. The molecule has 110 valence electrons. The van der Waals surface area contributed by atoms with Gasteiger partial charge in [0.15, 0.2) is 5.13 Å². The van der Waals surface area contributed by atoms with Crippen LogP contribution in [0.25, 0.3) is 10.4 Å². The molecule has 0 aliphatic carbocycles. The van der Waals surface area contributed by atoms with E-state index < -0.39 is 0 Å². The third-order valence-corrected chi connectivity index (χ3v) is 4.66. The van der Waals surface area contributed by atoms with Gasteiger partial charge in [0.2, 0.25) is 0 Å². The van der Waals surface area contributed by atoms with Crippen molar-refractivity contribution < 1.29 is 4.79 Å². The molecule has 22 heavy (non-hydrogen) atoms. The van der Waals surface area contributed by atoms with Crippen molar-refractivity contribution in [3.63, 3.8) is 0 Å². The fourth-order valence-electron chi connectivity index (χ4n) is 1.95. The molecule has 1 aromatic heterocycles. The van der Waals surface area contributed by atoms with Gasteiger partial charge in [-0.1, -0.05) is 57.1 Å². The number of nitrogens with zero attached hydrogens (tertiary/aromatic N) is 1. The Kier molecular flexibility index (Phi) is 4.36. The minimum absolute atomic E-state index is 0.155. The Hall–Kier alpha value is -1.98. The zero-order valence-corrected chi connectivity index (χ0v) is 14.2. The van der Waals surface area contributed by atoms with Crippen LogP contribution in [0.3, 0.4) is 0 Å². The number of hydrogen-bond acceptors (Lipinski definition) is 3. The monoisotopic (exact) mass is 372 g/mol. The van der Waals surface area contributed by atoms with Crippen LogP contribution in [0.1, 0.15) is 15.9 Å². The van der Waals surface area contributed by atoms with Crippen molar-refractivity contribution in [1.29, 1.82) is 0 Å². The van der Waals surface area contributed by atoms with E-state index in [0.29, 0.717) is 10.7 Å². The lowest BCUT2D eigenvalue weighted by Gasteiger charge is -2.01. The summed E-state index contributed by atoms with van der Waals surface area (Å²) >= 11 is 4.82. The zero-order valence-electron chi connectivity index (χ0n) is 11.8. The predicted octanol–water partition coefficient (Wildman–Crippen LogP) is 5.13. The molecule has 0 fully saturated rings. The highest BCUT2D eigenvalue weighted by molar-refractivity contribution is 9.10. The minimum atomic E-state index is -0.155. The fraction of sp³-hybridized carbons (Fsp3) is 0.0588. The molecule has 3 nitrogen and oxygen atoms in total. The van der Waals surface area contributed by atoms with Crippen molar-refractivity contribution >= 4 is 38.3 Å². The number of benzene rings is 2. The number of rotatable bonds is 3. The van der Waals surface area contributed by atoms with Gasteiger partial charge in [0.25, 0.3) is 5.91 Å². The molecular formula is C17H13BrN2OS. The molecule has 0 bridgehead atoms. The molecule has 1 heterocycles. The van der Waals surface area contributed by atoms with Crippen LogP contribution in [-0.2, 0) is 0 Å². The average molecular weight is 373 g/mol. The normalized spacial score (nSPS) is 10.5. The Bertz CT molecular complexity index is 794. The van der Waals surface area contributed by atoms with Gasteiger partial charge < -0.3 is 0 Å². The molecule has 1 amide bonds. The Balaban J connectivity index is 1.75. The summed E-state index contributed by atoms with van der Waals surface area (Å²) in [5.41, 5.74) is 2.93. The largest absolute Gasteiger partial charge is 0.298 e. The topological polar surface area (TPSA) is 42.0 Å². The van der Waals surface area contributed by atoms with Crippen LogP contribution in [0.4, 0.5) is 5.13 Å². The van der Waals surface area contributed by atoms with E-state index in [-0.39, 0.29) is 5.91 Å². The second-order valence-electron chi connectivity index (χ2n) is 4.86. The number of hydrogen-bond donors (Lipinski definition) is 1. The molecule has 0 spiro atoms. The van der Waals surface area contributed by atoms with Gasteiger partial charge in [0.1, 0.15) is 0 Å². The van der Waals surface area contributed by atoms with Crippen molar-refractivity contribution in [1.82, 2.24) is 4.98 Å². The molecule has 3 aromatic rings. The Morgan fingerprint density at radius 3 is 2.45 bits per heavy atom. The van der Waals surface area contributed by atoms with E-state index in [9.17, 15) is 4.79 Å². The molecule has 0 unspecified atom stereocenters. The van der Waals surface area contributed by atoms with Crippen LogP contribution in [0, 0.1) is 6.92 Å². The Morgan fingerprint density at radius 1 is 1.09 bits per heavy atom. The molecule has 0 atom stereocenters. The van der Waals surface area contributed by atoms with E-state index in [1.807, 2.05) is 12.1 Å². The highest BCUT2D eigenvalue weighted by atomic mass is 79.9. The first-order valence-electron chi connectivity index (χ1n) is 6.71. The van der Waals surface area contributed by atoms with Crippen LogP contribution in [-0.4, -0.2) is 10.9 Å². The van der Waals surface area contributed by atoms with E-state index in [1.165, 1.54) is 16.9 Å². The molecule has 1 N–H and O–H groups in total. The third kappa shape index (κ3) is 3.43. The Labute approximate surface area is 141 Å². The van der Waals surface area contributed by atoms with Crippen LogP contribution in [0.5, 0.6) is 0 Å². The molecular weight excluding hydrogens is 360 g/mol. The van der Waals surface area contributed by atoms with Crippen LogP contribution in [0.15, 0.2) is 59.2 Å². The first-order valence-corrected chi connectivity index (χ1v) is 8.32. The maximum atomic E-state index is 12.2. The van der Waals surface area contributed by atoms with Crippen LogP contribution >= 0.6 is 27.3 Å². The zero-order chi connectivity index (χ0) is 15.5. The number of amides is 1. The molecule has 2 aromatic carbocycles. The molecule has 5 heteroatoms. The van der Waals surface area contributed by atoms with Crippen LogP contribution in [0.2, 0.25) is 0 Å². The van der Waals surface area contributed by atoms with Gasteiger partial charge in [0, 0.05) is 16.2 Å². The highest BCUT2D eigenvalue weighted by Gasteiger charge is 2.09. The number of carbonyl (C=O) groups excluding carboxylic acids is 1. The van der Waals surface area contributed by atoms with Crippen molar-refractivity contribution in [2.75, 3.05) is 5.32 Å². The van der Waals surface area contributed by atoms with Crippen molar-refractivity contribution in [2.45, 2.75) is 6.92 Å². The standard InChI is InChI=1S/C17H13BrN2OS/c1-11-2-4-12(5-3-11)15-10-19-17(22-15)20-16(21)13-6-8-14(18)9-7-13/h2-10H,1H3,(H,19,20,21). The van der Waals surface area contributed by atoms with E-state index in [1.54, 1.807) is 18.3 Å². The summed E-state index contributed by atoms with van der Waals surface area (Å²) in [4.78, 5) is 17.5. The van der Waals surface area contributed by atoms with Crippen molar-refractivity contribution in [2.24, 2.45) is 0 Å². The SMILES string of the molecule is Cc1ccc(-c2cnc(NC(=O)c3ccc(Br)cc3)s2)cc1. The summed E-state index contributed by atoms with van der Waals surface area (Å²) in [6.07, 6.45) is 1.78. The molecule has 3 rings (SSSR count). The molecule has 0 radical (unpaired) electrons. The number of carbonyl (C=O) groups is 1. The van der Waals surface area contributed by atoms with Crippen molar-refractivity contribution in [3.05, 3.63) is 70.3 Å². The lowest BCUT2D eigenvalue weighted by molar-refractivity contribution is 0.102. The summed E-state index contributed by atoms with van der Waals surface area (Å²) in [5.74, 6) is -0.155.